The number of quaternary nitrogens is 1. The number of rotatable bonds is 4. The van der Waals surface area contributed by atoms with Gasteiger partial charge in [-0.3, -0.25) is 0 Å². The molecule has 3 rings (SSSR count). The van der Waals surface area contributed by atoms with Crippen LogP contribution in [0.15, 0.2) is 44.9 Å². The molecule has 5 heteroatoms. The number of aryl methyl sites for hydroxylation is 1. The number of hydrogen-bond acceptors (Lipinski definition) is 3. The Morgan fingerprint density at radius 3 is 2.82 bits per heavy atom. The third-order valence-corrected chi connectivity index (χ3v) is 4.94. The van der Waals surface area contributed by atoms with E-state index in [9.17, 15) is 4.79 Å². The lowest BCUT2D eigenvalue weighted by Gasteiger charge is -2.14. The summed E-state index contributed by atoms with van der Waals surface area (Å²) in [6.45, 7) is 3.58. The van der Waals surface area contributed by atoms with Crippen molar-refractivity contribution in [1.82, 2.24) is 0 Å². The second kappa shape index (κ2) is 6.24. The SMILES string of the molecule is Cc1cc2oc(=O)cc(C[NH+](C)Cc3cccs3)c2cc1Cl. The van der Waals surface area contributed by atoms with Crippen LogP contribution in [0.5, 0.6) is 0 Å². The Morgan fingerprint density at radius 1 is 1.27 bits per heavy atom. The summed E-state index contributed by atoms with van der Waals surface area (Å²) in [5.41, 5.74) is 2.18. The fraction of sp³-hybridized carbons (Fsp3) is 0.235. The van der Waals surface area contributed by atoms with Crippen molar-refractivity contribution in [3.8, 4) is 0 Å². The molecule has 3 aromatic rings. The molecule has 0 radical (unpaired) electrons. The van der Waals surface area contributed by atoms with Gasteiger partial charge in [-0.15, -0.1) is 11.3 Å². The minimum Gasteiger partial charge on any atom is -0.423 e. The molecule has 1 aromatic carbocycles. The quantitative estimate of drug-likeness (QED) is 0.744. The fourth-order valence-corrected chi connectivity index (χ4v) is 3.58. The van der Waals surface area contributed by atoms with E-state index in [1.807, 2.05) is 19.1 Å². The smallest absolute Gasteiger partial charge is 0.336 e. The van der Waals surface area contributed by atoms with Crippen LogP contribution in [0, 0.1) is 6.92 Å². The van der Waals surface area contributed by atoms with Gasteiger partial charge in [0.05, 0.1) is 11.9 Å². The van der Waals surface area contributed by atoms with Crippen LogP contribution in [0.4, 0.5) is 0 Å². The predicted octanol–water partition coefficient (Wildman–Crippen LogP) is 3.03. The first-order valence-corrected chi connectivity index (χ1v) is 8.35. The third kappa shape index (κ3) is 3.24. The molecule has 0 aliphatic carbocycles. The van der Waals surface area contributed by atoms with Crippen LogP contribution >= 0.6 is 22.9 Å². The zero-order chi connectivity index (χ0) is 15.7. The topological polar surface area (TPSA) is 34.6 Å². The lowest BCUT2D eigenvalue weighted by molar-refractivity contribution is -0.907. The van der Waals surface area contributed by atoms with E-state index >= 15 is 0 Å². The summed E-state index contributed by atoms with van der Waals surface area (Å²) in [7, 11) is 2.12. The van der Waals surface area contributed by atoms with E-state index < -0.39 is 0 Å². The van der Waals surface area contributed by atoms with Crippen LogP contribution in [0.1, 0.15) is 16.0 Å². The van der Waals surface area contributed by atoms with Crippen LogP contribution in [0.3, 0.4) is 0 Å². The second-order valence-corrected chi connectivity index (χ2v) is 7.02. The van der Waals surface area contributed by atoms with Gasteiger partial charge < -0.3 is 9.32 Å². The van der Waals surface area contributed by atoms with Gasteiger partial charge in [-0.25, -0.2) is 4.79 Å². The van der Waals surface area contributed by atoms with Crippen molar-refractivity contribution < 1.29 is 9.32 Å². The van der Waals surface area contributed by atoms with Crippen molar-refractivity contribution >= 4 is 33.9 Å². The molecule has 0 saturated carbocycles. The molecular weight excluding hydrogens is 318 g/mol. The number of nitrogens with one attached hydrogen (secondary N) is 1. The molecule has 0 fully saturated rings. The van der Waals surface area contributed by atoms with Gasteiger partial charge in [0.1, 0.15) is 18.7 Å². The van der Waals surface area contributed by atoms with E-state index in [1.54, 1.807) is 17.4 Å². The zero-order valence-corrected chi connectivity index (χ0v) is 14.1. The summed E-state index contributed by atoms with van der Waals surface area (Å²) >= 11 is 7.98. The van der Waals surface area contributed by atoms with Crippen LogP contribution in [0.25, 0.3) is 11.0 Å². The second-order valence-electron chi connectivity index (χ2n) is 5.58. The summed E-state index contributed by atoms with van der Waals surface area (Å²) in [4.78, 5) is 14.4. The molecule has 1 unspecified atom stereocenters. The molecule has 1 N–H and O–H groups in total. The average molecular weight is 335 g/mol. The normalized spacial score (nSPS) is 12.7. The first-order valence-electron chi connectivity index (χ1n) is 7.09. The average Bonchev–Trinajstić information content (AvgIpc) is 2.93. The summed E-state index contributed by atoms with van der Waals surface area (Å²) in [5.74, 6) is 0. The van der Waals surface area contributed by atoms with Gasteiger partial charge in [-0.05, 0) is 36.1 Å². The first kappa shape index (κ1) is 15.3. The van der Waals surface area contributed by atoms with Crippen LogP contribution in [0.2, 0.25) is 5.02 Å². The highest BCUT2D eigenvalue weighted by molar-refractivity contribution is 7.09. The van der Waals surface area contributed by atoms with Gasteiger partial charge in [-0.2, -0.15) is 0 Å². The van der Waals surface area contributed by atoms with Gasteiger partial charge >= 0.3 is 5.63 Å². The van der Waals surface area contributed by atoms with Gasteiger partial charge in [0, 0.05) is 22.0 Å². The van der Waals surface area contributed by atoms with Crippen molar-refractivity contribution in [2.24, 2.45) is 0 Å². The maximum atomic E-state index is 11.8. The molecule has 2 aromatic heterocycles. The Labute approximate surface area is 137 Å². The molecule has 2 heterocycles. The molecule has 114 valence electrons. The van der Waals surface area contributed by atoms with E-state index in [0.29, 0.717) is 10.6 Å². The summed E-state index contributed by atoms with van der Waals surface area (Å²) < 4.78 is 5.30. The van der Waals surface area contributed by atoms with Crippen molar-refractivity contribution in [1.29, 1.82) is 0 Å². The van der Waals surface area contributed by atoms with E-state index in [1.165, 1.54) is 9.78 Å². The molecule has 0 bridgehead atoms. The minimum atomic E-state index is -0.312. The molecule has 22 heavy (non-hydrogen) atoms. The van der Waals surface area contributed by atoms with Crippen LogP contribution in [-0.4, -0.2) is 7.05 Å². The zero-order valence-electron chi connectivity index (χ0n) is 12.5. The third-order valence-electron chi connectivity index (χ3n) is 3.66. The number of thiophene rings is 1. The largest absolute Gasteiger partial charge is 0.423 e. The summed E-state index contributed by atoms with van der Waals surface area (Å²) in [6, 6.07) is 9.49. The Morgan fingerprint density at radius 2 is 2.09 bits per heavy atom. The minimum absolute atomic E-state index is 0.312. The van der Waals surface area contributed by atoms with Gasteiger partial charge in [0.25, 0.3) is 0 Å². The van der Waals surface area contributed by atoms with E-state index in [4.69, 9.17) is 16.0 Å². The number of benzene rings is 1. The highest BCUT2D eigenvalue weighted by Crippen LogP contribution is 2.24. The predicted molar refractivity (Wildman–Crippen MR) is 90.8 cm³/mol. The molecule has 0 spiro atoms. The lowest BCUT2D eigenvalue weighted by atomic mass is 10.1. The number of hydrogen-bond donors (Lipinski definition) is 1. The molecule has 0 saturated heterocycles. The Bertz CT molecular complexity index is 855. The Balaban J connectivity index is 1.95. The molecule has 0 aliphatic heterocycles. The number of halogens is 1. The molecule has 3 nitrogen and oxygen atoms in total. The standard InChI is InChI=1S/C17H16ClNO2S/c1-11-6-16-14(8-15(11)18)12(7-17(20)21-16)9-19(2)10-13-4-3-5-22-13/h3-8H,9-10H2,1-2H3/p+1. The van der Waals surface area contributed by atoms with Crippen molar-refractivity contribution in [2.75, 3.05) is 7.05 Å². The fourth-order valence-electron chi connectivity index (χ4n) is 2.59. The first-order chi connectivity index (χ1) is 10.5. The molecule has 0 amide bonds. The van der Waals surface area contributed by atoms with E-state index in [-0.39, 0.29) is 5.63 Å². The monoisotopic (exact) mass is 334 g/mol. The van der Waals surface area contributed by atoms with Crippen LogP contribution in [-0.2, 0) is 13.1 Å². The maximum Gasteiger partial charge on any atom is 0.336 e. The van der Waals surface area contributed by atoms with Crippen molar-refractivity contribution in [3.63, 3.8) is 0 Å². The van der Waals surface area contributed by atoms with E-state index in [0.717, 1.165) is 29.6 Å². The lowest BCUT2D eigenvalue weighted by Crippen LogP contribution is -3.06. The Kier molecular flexibility index (Phi) is 4.34. The Hall–Kier alpha value is -1.62. The molecule has 0 aliphatic rings. The molecular formula is C17H17ClNO2S+. The van der Waals surface area contributed by atoms with Crippen molar-refractivity contribution in [2.45, 2.75) is 20.0 Å². The van der Waals surface area contributed by atoms with Gasteiger partial charge in [0.15, 0.2) is 0 Å². The number of fused-ring (bicyclic) bond motifs is 1. The van der Waals surface area contributed by atoms with E-state index in [2.05, 4.69) is 24.6 Å². The highest BCUT2D eigenvalue weighted by atomic mass is 35.5. The highest BCUT2D eigenvalue weighted by Gasteiger charge is 2.13. The van der Waals surface area contributed by atoms with Gasteiger partial charge in [0.2, 0.25) is 0 Å². The maximum absolute atomic E-state index is 11.8. The van der Waals surface area contributed by atoms with Crippen LogP contribution < -0.4 is 10.5 Å². The van der Waals surface area contributed by atoms with Gasteiger partial charge in [-0.1, -0.05) is 17.7 Å². The summed E-state index contributed by atoms with van der Waals surface area (Å²) in [6.07, 6.45) is 0. The van der Waals surface area contributed by atoms with Crippen molar-refractivity contribution in [3.05, 3.63) is 67.2 Å². The molecule has 1 atom stereocenters. The summed E-state index contributed by atoms with van der Waals surface area (Å²) in [5, 5.41) is 3.69.